The largest absolute Gasteiger partial charge is 0.486 e. The topological polar surface area (TPSA) is 75.0 Å². The Morgan fingerprint density at radius 3 is 2.76 bits per heavy atom. The number of halogens is 1. The first-order valence-corrected chi connectivity index (χ1v) is 6.17. The van der Waals surface area contributed by atoms with Crippen LogP contribution in [0.25, 0.3) is 0 Å². The van der Waals surface area contributed by atoms with Crippen LogP contribution in [0.15, 0.2) is 42.7 Å². The van der Waals surface area contributed by atoms with Gasteiger partial charge >= 0.3 is 0 Å². The first kappa shape index (κ1) is 14.5. The highest BCUT2D eigenvalue weighted by Crippen LogP contribution is 2.22. The number of rotatable bonds is 5. The minimum Gasteiger partial charge on any atom is -0.486 e. The molecule has 0 spiro atoms. The van der Waals surface area contributed by atoms with Crippen molar-refractivity contribution in [1.82, 2.24) is 4.98 Å². The standard InChI is InChI=1S/C15H12FN3O2/c16-13-9-12(19-15(20)3-6-17)1-2-14(13)21-10-11-4-7-18-8-5-11/h1-2,4-5,7-9H,3,10H2,(H,19,20). The van der Waals surface area contributed by atoms with Gasteiger partial charge in [-0.3, -0.25) is 9.78 Å². The number of hydrogen-bond donors (Lipinski definition) is 1. The van der Waals surface area contributed by atoms with Gasteiger partial charge in [-0.15, -0.1) is 0 Å². The zero-order valence-electron chi connectivity index (χ0n) is 11.0. The second-order valence-corrected chi connectivity index (χ2v) is 4.17. The molecular weight excluding hydrogens is 273 g/mol. The van der Waals surface area contributed by atoms with Crippen molar-refractivity contribution in [2.24, 2.45) is 0 Å². The summed E-state index contributed by atoms with van der Waals surface area (Å²) in [6, 6.07) is 9.35. The molecule has 0 saturated heterocycles. The first-order chi connectivity index (χ1) is 10.2. The molecule has 1 heterocycles. The fourth-order valence-corrected chi connectivity index (χ4v) is 1.61. The number of pyridine rings is 1. The Labute approximate surface area is 121 Å². The number of hydrogen-bond acceptors (Lipinski definition) is 4. The number of amides is 1. The van der Waals surface area contributed by atoms with E-state index in [1.54, 1.807) is 30.6 Å². The summed E-state index contributed by atoms with van der Waals surface area (Å²) in [6.07, 6.45) is 2.98. The Hall–Kier alpha value is -2.94. The number of nitrogens with one attached hydrogen (secondary N) is 1. The lowest BCUT2D eigenvalue weighted by Crippen LogP contribution is -2.10. The highest BCUT2D eigenvalue weighted by atomic mass is 19.1. The monoisotopic (exact) mass is 285 g/mol. The maximum Gasteiger partial charge on any atom is 0.238 e. The zero-order chi connectivity index (χ0) is 15.1. The van der Waals surface area contributed by atoms with E-state index in [0.29, 0.717) is 0 Å². The van der Waals surface area contributed by atoms with Crippen LogP contribution in [0.1, 0.15) is 12.0 Å². The van der Waals surface area contributed by atoms with Crippen LogP contribution in [-0.4, -0.2) is 10.9 Å². The molecule has 0 atom stereocenters. The van der Waals surface area contributed by atoms with Gasteiger partial charge in [0.15, 0.2) is 11.6 Å². The van der Waals surface area contributed by atoms with E-state index in [-0.39, 0.29) is 24.5 Å². The molecule has 6 heteroatoms. The van der Waals surface area contributed by atoms with Crippen molar-refractivity contribution in [3.8, 4) is 11.8 Å². The third-order valence-corrected chi connectivity index (χ3v) is 2.60. The van der Waals surface area contributed by atoms with Gasteiger partial charge in [-0.25, -0.2) is 4.39 Å². The molecule has 2 aromatic rings. The maximum absolute atomic E-state index is 13.8. The molecule has 0 bridgehead atoms. The summed E-state index contributed by atoms with van der Waals surface area (Å²) in [5.41, 5.74) is 1.15. The number of carbonyl (C=O) groups is 1. The quantitative estimate of drug-likeness (QED) is 0.916. The highest BCUT2D eigenvalue weighted by Gasteiger charge is 2.07. The minimum atomic E-state index is -0.584. The lowest BCUT2D eigenvalue weighted by molar-refractivity contribution is -0.115. The molecule has 0 unspecified atom stereocenters. The molecular formula is C15H12FN3O2. The van der Waals surface area contributed by atoms with E-state index in [0.717, 1.165) is 11.6 Å². The SMILES string of the molecule is N#CCC(=O)Nc1ccc(OCc2ccncc2)c(F)c1. The van der Waals surface area contributed by atoms with Gasteiger partial charge < -0.3 is 10.1 Å². The molecule has 1 N–H and O–H groups in total. The van der Waals surface area contributed by atoms with Crippen molar-refractivity contribution in [2.75, 3.05) is 5.32 Å². The van der Waals surface area contributed by atoms with Gasteiger partial charge in [0, 0.05) is 24.1 Å². The lowest BCUT2D eigenvalue weighted by Gasteiger charge is -2.09. The molecule has 0 aliphatic heterocycles. The van der Waals surface area contributed by atoms with Crippen LogP contribution in [0, 0.1) is 17.1 Å². The molecule has 1 amide bonds. The molecule has 21 heavy (non-hydrogen) atoms. The lowest BCUT2D eigenvalue weighted by atomic mass is 10.2. The fraction of sp³-hybridized carbons (Fsp3) is 0.133. The van der Waals surface area contributed by atoms with Crippen molar-refractivity contribution in [3.63, 3.8) is 0 Å². The average Bonchev–Trinajstić information content (AvgIpc) is 2.48. The second kappa shape index (κ2) is 7.01. The number of nitrogens with zero attached hydrogens (tertiary/aromatic N) is 2. The predicted octanol–water partition coefficient (Wildman–Crippen LogP) is 2.65. The van der Waals surface area contributed by atoms with E-state index < -0.39 is 11.7 Å². The summed E-state index contributed by atoms with van der Waals surface area (Å²) in [5.74, 6) is -0.980. The van der Waals surface area contributed by atoms with Crippen LogP contribution in [-0.2, 0) is 11.4 Å². The normalized spacial score (nSPS) is 9.71. The number of ether oxygens (including phenoxy) is 1. The Balaban J connectivity index is 1.99. The van der Waals surface area contributed by atoms with E-state index in [9.17, 15) is 9.18 Å². The number of carbonyl (C=O) groups excluding carboxylic acids is 1. The number of benzene rings is 1. The number of nitriles is 1. The van der Waals surface area contributed by atoms with E-state index in [4.69, 9.17) is 10.00 Å². The summed E-state index contributed by atoms with van der Waals surface area (Å²) in [6.45, 7) is 0.222. The van der Waals surface area contributed by atoms with Crippen molar-refractivity contribution in [1.29, 1.82) is 5.26 Å². The predicted molar refractivity (Wildman–Crippen MR) is 73.8 cm³/mol. The van der Waals surface area contributed by atoms with Crippen molar-refractivity contribution < 1.29 is 13.9 Å². The molecule has 0 saturated carbocycles. The smallest absolute Gasteiger partial charge is 0.238 e. The first-order valence-electron chi connectivity index (χ1n) is 6.17. The van der Waals surface area contributed by atoms with Crippen molar-refractivity contribution in [2.45, 2.75) is 13.0 Å². The minimum absolute atomic E-state index is 0.0881. The molecule has 1 aromatic carbocycles. The summed E-state index contributed by atoms with van der Waals surface area (Å²) in [4.78, 5) is 15.1. The van der Waals surface area contributed by atoms with Crippen LogP contribution >= 0.6 is 0 Å². The molecule has 0 aliphatic rings. The van der Waals surface area contributed by atoms with Gasteiger partial charge in [-0.1, -0.05) is 0 Å². The van der Waals surface area contributed by atoms with E-state index in [1.165, 1.54) is 12.1 Å². The molecule has 1 aromatic heterocycles. The molecule has 2 rings (SSSR count). The fourth-order valence-electron chi connectivity index (χ4n) is 1.61. The van der Waals surface area contributed by atoms with Crippen LogP contribution in [0.3, 0.4) is 0 Å². The molecule has 106 valence electrons. The Kier molecular flexibility index (Phi) is 4.83. The van der Waals surface area contributed by atoms with Crippen LogP contribution in [0.4, 0.5) is 10.1 Å². The summed E-state index contributed by atoms with van der Waals surface area (Å²) in [5, 5.41) is 10.8. The van der Waals surface area contributed by atoms with Crippen LogP contribution < -0.4 is 10.1 Å². The Morgan fingerprint density at radius 1 is 1.33 bits per heavy atom. The van der Waals surface area contributed by atoms with Gasteiger partial charge in [0.05, 0.1) is 6.07 Å². The van der Waals surface area contributed by atoms with Gasteiger partial charge in [-0.05, 0) is 29.8 Å². The maximum atomic E-state index is 13.8. The Morgan fingerprint density at radius 2 is 2.10 bits per heavy atom. The van der Waals surface area contributed by atoms with Gasteiger partial charge in [0.1, 0.15) is 13.0 Å². The molecule has 0 radical (unpaired) electrons. The van der Waals surface area contributed by atoms with E-state index in [1.807, 2.05) is 0 Å². The molecule has 0 aliphatic carbocycles. The van der Waals surface area contributed by atoms with Crippen LogP contribution in [0.2, 0.25) is 0 Å². The van der Waals surface area contributed by atoms with E-state index >= 15 is 0 Å². The third-order valence-electron chi connectivity index (χ3n) is 2.60. The third kappa shape index (κ3) is 4.28. The van der Waals surface area contributed by atoms with Gasteiger partial charge in [0.25, 0.3) is 0 Å². The van der Waals surface area contributed by atoms with E-state index in [2.05, 4.69) is 10.3 Å². The molecule has 0 fully saturated rings. The van der Waals surface area contributed by atoms with Gasteiger partial charge in [-0.2, -0.15) is 5.26 Å². The van der Waals surface area contributed by atoms with Crippen molar-refractivity contribution in [3.05, 3.63) is 54.1 Å². The zero-order valence-corrected chi connectivity index (χ0v) is 11.0. The summed E-state index contributed by atoms with van der Waals surface area (Å²) >= 11 is 0. The molecule has 5 nitrogen and oxygen atoms in total. The number of anilines is 1. The highest BCUT2D eigenvalue weighted by molar-refractivity contribution is 5.92. The summed E-state index contributed by atoms with van der Waals surface area (Å²) in [7, 11) is 0. The van der Waals surface area contributed by atoms with Crippen LogP contribution in [0.5, 0.6) is 5.75 Å². The Bertz CT molecular complexity index is 668. The average molecular weight is 285 g/mol. The van der Waals surface area contributed by atoms with Gasteiger partial charge in [0.2, 0.25) is 5.91 Å². The number of aromatic nitrogens is 1. The van der Waals surface area contributed by atoms with Crippen molar-refractivity contribution >= 4 is 11.6 Å². The second-order valence-electron chi connectivity index (χ2n) is 4.17. The summed E-state index contributed by atoms with van der Waals surface area (Å²) < 4.78 is 19.2.